The maximum atomic E-state index is 11.3. The van der Waals surface area contributed by atoms with Crippen molar-refractivity contribution in [2.45, 2.75) is 36.2 Å². The van der Waals surface area contributed by atoms with Crippen molar-refractivity contribution in [3.05, 3.63) is 35.9 Å². The van der Waals surface area contributed by atoms with Crippen molar-refractivity contribution in [3.63, 3.8) is 0 Å². The van der Waals surface area contributed by atoms with Crippen LogP contribution in [0.4, 0.5) is 0 Å². The monoisotopic (exact) mass is 268 g/mol. The first kappa shape index (κ1) is 12.0. The SMILES string of the molecule is O=C1C[C@@H](Cl)[C@@H]2O[C@H](c3ccccc3)[C@@H](O)[C@@H]2O1. The van der Waals surface area contributed by atoms with Gasteiger partial charge in [0, 0.05) is 0 Å². The maximum Gasteiger partial charge on any atom is 0.307 e. The first-order valence-electron chi connectivity index (χ1n) is 5.89. The summed E-state index contributed by atoms with van der Waals surface area (Å²) in [5.74, 6) is -0.382. The molecule has 18 heavy (non-hydrogen) atoms. The molecule has 2 saturated heterocycles. The zero-order chi connectivity index (χ0) is 12.7. The summed E-state index contributed by atoms with van der Waals surface area (Å²) in [6, 6.07) is 9.38. The molecule has 0 saturated carbocycles. The van der Waals surface area contributed by atoms with E-state index in [0.717, 1.165) is 5.56 Å². The molecule has 0 aliphatic carbocycles. The molecular weight excluding hydrogens is 256 g/mol. The number of hydrogen-bond acceptors (Lipinski definition) is 4. The number of aliphatic hydroxyl groups is 1. The molecule has 0 unspecified atom stereocenters. The molecule has 5 atom stereocenters. The lowest BCUT2D eigenvalue weighted by Gasteiger charge is -2.28. The van der Waals surface area contributed by atoms with E-state index in [-0.39, 0.29) is 12.4 Å². The van der Waals surface area contributed by atoms with Crippen LogP contribution in [0.15, 0.2) is 30.3 Å². The average Bonchev–Trinajstić information content (AvgIpc) is 2.69. The Bertz CT molecular complexity index is 450. The van der Waals surface area contributed by atoms with Crippen molar-refractivity contribution in [1.29, 1.82) is 0 Å². The largest absolute Gasteiger partial charge is 0.457 e. The zero-order valence-corrected chi connectivity index (χ0v) is 10.3. The number of halogens is 1. The number of carbonyl (C=O) groups is 1. The van der Waals surface area contributed by atoms with Gasteiger partial charge >= 0.3 is 5.97 Å². The van der Waals surface area contributed by atoms with Crippen LogP contribution in [0.2, 0.25) is 0 Å². The van der Waals surface area contributed by atoms with Gasteiger partial charge in [0.25, 0.3) is 0 Å². The fraction of sp³-hybridized carbons (Fsp3) is 0.462. The summed E-state index contributed by atoms with van der Waals surface area (Å²) in [5.41, 5.74) is 0.860. The molecule has 2 aliphatic rings. The van der Waals surface area contributed by atoms with Crippen LogP contribution in [-0.4, -0.2) is 34.8 Å². The Morgan fingerprint density at radius 1 is 1.22 bits per heavy atom. The van der Waals surface area contributed by atoms with Gasteiger partial charge < -0.3 is 14.6 Å². The van der Waals surface area contributed by atoms with Crippen LogP contribution >= 0.6 is 11.6 Å². The summed E-state index contributed by atoms with van der Waals surface area (Å²) in [4.78, 5) is 11.3. The molecule has 96 valence electrons. The lowest BCUT2D eigenvalue weighted by molar-refractivity contribution is -0.162. The second-order valence-electron chi connectivity index (χ2n) is 4.60. The third kappa shape index (κ3) is 1.90. The quantitative estimate of drug-likeness (QED) is 0.618. The molecular formula is C13H13ClO4. The number of carbonyl (C=O) groups excluding carboxylic acids is 1. The fourth-order valence-electron chi connectivity index (χ4n) is 2.52. The minimum Gasteiger partial charge on any atom is -0.457 e. The van der Waals surface area contributed by atoms with Gasteiger partial charge in [-0.05, 0) is 5.56 Å². The van der Waals surface area contributed by atoms with Crippen LogP contribution in [0, 0.1) is 0 Å². The van der Waals surface area contributed by atoms with Gasteiger partial charge in [0.2, 0.25) is 0 Å². The minimum atomic E-state index is -0.872. The molecule has 1 aromatic rings. The molecule has 1 aromatic carbocycles. The summed E-state index contributed by atoms with van der Waals surface area (Å²) in [7, 11) is 0. The van der Waals surface area contributed by atoms with E-state index in [4.69, 9.17) is 21.1 Å². The third-order valence-electron chi connectivity index (χ3n) is 3.39. The highest BCUT2D eigenvalue weighted by Gasteiger charge is 2.52. The highest BCUT2D eigenvalue weighted by atomic mass is 35.5. The van der Waals surface area contributed by atoms with Crippen LogP contribution in [0.5, 0.6) is 0 Å². The Morgan fingerprint density at radius 3 is 2.67 bits per heavy atom. The second kappa shape index (κ2) is 4.53. The van der Waals surface area contributed by atoms with E-state index >= 15 is 0 Å². The Balaban J connectivity index is 1.86. The smallest absolute Gasteiger partial charge is 0.307 e. The molecule has 2 heterocycles. The van der Waals surface area contributed by atoms with Crippen LogP contribution in [-0.2, 0) is 14.3 Å². The van der Waals surface area contributed by atoms with Crippen LogP contribution in [0.25, 0.3) is 0 Å². The topological polar surface area (TPSA) is 55.8 Å². The number of esters is 1. The van der Waals surface area contributed by atoms with Crippen LogP contribution in [0.3, 0.4) is 0 Å². The normalized spacial score (nSPS) is 39.2. The number of alkyl halides is 1. The van der Waals surface area contributed by atoms with Gasteiger partial charge in [0.15, 0.2) is 6.10 Å². The van der Waals surface area contributed by atoms with E-state index in [0.29, 0.717) is 0 Å². The van der Waals surface area contributed by atoms with Gasteiger partial charge in [-0.3, -0.25) is 4.79 Å². The highest BCUT2D eigenvalue weighted by Crippen LogP contribution is 2.40. The molecule has 1 N–H and O–H groups in total. The molecule has 4 nitrogen and oxygen atoms in total. The molecule has 0 spiro atoms. The molecule has 2 fully saturated rings. The van der Waals surface area contributed by atoms with Crippen molar-refractivity contribution in [3.8, 4) is 0 Å². The number of fused-ring (bicyclic) bond motifs is 1. The Hall–Kier alpha value is -1.10. The van der Waals surface area contributed by atoms with Gasteiger partial charge in [0.1, 0.15) is 18.3 Å². The average molecular weight is 269 g/mol. The van der Waals surface area contributed by atoms with Crippen LogP contribution < -0.4 is 0 Å². The molecule has 3 rings (SSSR count). The number of aliphatic hydroxyl groups excluding tert-OH is 1. The fourth-order valence-corrected chi connectivity index (χ4v) is 2.84. The minimum absolute atomic E-state index is 0.122. The summed E-state index contributed by atoms with van der Waals surface area (Å²) in [6.45, 7) is 0. The third-order valence-corrected chi connectivity index (χ3v) is 3.79. The standard InChI is InChI=1S/C13H13ClO4/c14-8-6-9(15)17-13-10(16)11(18-12(8)13)7-4-2-1-3-5-7/h1-5,8,10-13,16H,6H2/t8-,10-,11-,12+,13+/m1/s1. The van der Waals surface area contributed by atoms with Gasteiger partial charge in [-0.2, -0.15) is 0 Å². The summed E-state index contributed by atoms with van der Waals surface area (Å²) in [6.07, 6.45) is -2.35. The Kier molecular flexibility index (Phi) is 3.01. The molecule has 5 heteroatoms. The van der Waals surface area contributed by atoms with Gasteiger partial charge in [-0.1, -0.05) is 30.3 Å². The summed E-state index contributed by atoms with van der Waals surface area (Å²) in [5, 5.41) is 9.77. The summed E-state index contributed by atoms with van der Waals surface area (Å²) >= 11 is 6.09. The molecule has 0 bridgehead atoms. The number of ether oxygens (including phenoxy) is 2. The van der Waals surface area contributed by atoms with E-state index in [1.165, 1.54) is 0 Å². The lowest BCUT2D eigenvalue weighted by atomic mass is 9.98. The van der Waals surface area contributed by atoms with Crippen molar-refractivity contribution in [2.75, 3.05) is 0 Å². The molecule has 0 aromatic heterocycles. The predicted octanol–water partition coefficient (Wildman–Crippen LogP) is 1.41. The Labute approximate surface area is 109 Å². The van der Waals surface area contributed by atoms with Crippen molar-refractivity contribution in [2.24, 2.45) is 0 Å². The van der Waals surface area contributed by atoms with E-state index in [2.05, 4.69) is 0 Å². The highest BCUT2D eigenvalue weighted by molar-refractivity contribution is 6.22. The van der Waals surface area contributed by atoms with E-state index < -0.39 is 29.8 Å². The van der Waals surface area contributed by atoms with Gasteiger partial charge in [-0.15, -0.1) is 11.6 Å². The molecule has 0 radical (unpaired) electrons. The van der Waals surface area contributed by atoms with E-state index in [1.54, 1.807) is 0 Å². The van der Waals surface area contributed by atoms with Gasteiger partial charge in [-0.25, -0.2) is 0 Å². The molecule has 0 amide bonds. The van der Waals surface area contributed by atoms with Crippen molar-refractivity contribution >= 4 is 17.6 Å². The maximum absolute atomic E-state index is 11.3. The Morgan fingerprint density at radius 2 is 1.94 bits per heavy atom. The second-order valence-corrected chi connectivity index (χ2v) is 5.16. The number of rotatable bonds is 1. The van der Waals surface area contributed by atoms with Crippen molar-refractivity contribution < 1.29 is 19.4 Å². The molecule has 2 aliphatic heterocycles. The van der Waals surface area contributed by atoms with Crippen molar-refractivity contribution in [1.82, 2.24) is 0 Å². The number of hydrogen-bond donors (Lipinski definition) is 1. The predicted molar refractivity (Wildman–Crippen MR) is 64.2 cm³/mol. The lowest BCUT2D eigenvalue weighted by Crippen LogP contribution is -2.45. The van der Waals surface area contributed by atoms with Gasteiger partial charge in [0.05, 0.1) is 11.8 Å². The first-order valence-corrected chi connectivity index (χ1v) is 6.32. The number of benzene rings is 1. The summed E-state index contributed by atoms with van der Waals surface area (Å²) < 4.78 is 10.9. The van der Waals surface area contributed by atoms with E-state index in [1.807, 2.05) is 30.3 Å². The zero-order valence-electron chi connectivity index (χ0n) is 9.53. The van der Waals surface area contributed by atoms with Crippen LogP contribution in [0.1, 0.15) is 18.1 Å². The van der Waals surface area contributed by atoms with E-state index in [9.17, 15) is 9.90 Å². The first-order chi connectivity index (χ1) is 8.66.